The summed E-state index contributed by atoms with van der Waals surface area (Å²) in [6.45, 7) is 2.14. The van der Waals surface area contributed by atoms with Crippen LogP contribution in [0.25, 0.3) is 0 Å². The highest BCUT2D eigenvalue weighted by Crippen LogP contribution is 2.28. The lowest BCUT2D eigenvalue weighted by atomic mass is 10.1. The second-order valence-electron chi connectivity index (χ2n) is 5.64. The number of hydrogen-bond donors (Lipinski definition) is 1. The van der Waals surface area contributed by atoms with E-state index in [1.807, 2.05) is 27.5 Å². The Balaban J connectivity index is 1.95. The standard InChI is InChI=1S/C17H15FIN3O4/c18-14-9-11(19)1-3-15(14)20-17(23)13-10-12(22(24)25)2-4-16(13)21-5-7-26-8-6-21/h1-4,9-10H,5-8H2,(H,20,23). The minimum absolute atomic E-state index is 0.0230. The number of non-ortho nitro benzene ring substituents is 1. The first-order valence-electron chi connectivity index (χ1n) is 7.83. The Hall–Kier alpha value is -2.27. The lowest BCUT2D eigenvalue weighted by molar-refractivity contribution is -0.384. The molecule has 9 heteroatoms. The molecule has 1 N–H and O–H groups in total. The molecule has 0 radical (unpaired) electrons. The summed E-state index contributed by atoms with van der Waals surface area (Å²) in [6, 6.07) is 8.53. The number of nitrogens with zero attached hydrogens (tertiary/aromatic N) is 2. The number of nitro groups is 1. The zero-order valence-corrected chi connectivity index (χ0v) is 15.7. The predicted octanol–water partition coefficient (Wildman–Crippen LogP) is 3.43. The summed E-state index contributed by atoms with van der Waals surface area (Å²) >= 11 is 1.97. The van der Waals surface area contributed by atoms with Gasteiger partial charge in [0.25, 0.3) is 11.6 Å². The lowest BCUT2D eigenvalue weighted by Gasteiger charge is -2.30. The molecule has 0 spiro atoms. The minimum Gasteiger partial charge on any atom is -0.378 e. The SMILES string of the molecule is O=C(Nc1ccc(I)cc1F)c1cc([N+](=O)[O-])ccc1N1CCOCC1. The third-order valence-electron chi connectivity index (χ3n) is 3.97. The molecule has 1 aliphatic heterocycles. The molecule has 1 amide bonds. The number of nitro benzene ring substituents is 1. The molecule has 3 rings (SSSR count). The van der Waals surface area contributed by atoms with Gasteiger partial charge in [0, 0.05) is 28.8 Å². The number of amides is 1. The van der Waals surface area contributed by atoms with Crippen LogP contribution in [-0.2, 0) is 4.74 Å². The van der Waals surface area contributed by atoms with Crippen LogP contribution in [-0.4, -0.2) is 37.1 Å². The maximum atomic E-state index is 14.0. The van der Waals surface area contributed by atoms with Crippen LogP contribution in [0.4, 0.5) is 21.5 Å². The van der Waals surface area contributed by atoms with E-state index < -0.39 is 16.6 Å². The first-order chi connectivity index (χ1) is 12.5. The van der Waals surface area contributed by atoms with Crippen LogP contribution in [0.15, 0.2) is 36.4 Å². The summed E-state index contributed by atoms with van der Waals surface area (Å²) < 4.78 is 20.0. The van der Waals surface area contributed by atoms with Crippen LogP contribution in [0.2, 0.25) is 0 Å². The minimum atomic E-state index is -0.602. The zero-order chi connectivity index (χ0) is 18.7. The van der Waals surface area contributed by atoms with Crippen molar-refractivity contribution >= 4 is 45.6 Å². The van der Waals surface area contributed by atoms with E-state index in [-0.39, 0.29) is 16.9 Å². The molecular formula is C17H15FIN3O4. The van der Waals surface area contributed by atoms with Crippen molar-refractivity contribution < 1.29 is 18.8 Å². The molecule has 136 valence electrons. The monoisotopic (exact) mass is 471 g/mol. The van der Waals surface area contributed by atoms with Gasteiger partial charge in [0.2, 0.25) is 0 Å². The fourth-order valence-electron chi connectivity index (χ4n) is 2.68. The number of carbonyl (C=O) groups excluding carboxylic acids is 1. The van der Waals surface area contributed by atoms with Crippen LogP contribution in [0.3, 0.4) is 0 Å². The van der Waals surface area contributed by atoms with E-state index in [2.05, 4.69) is 5.32 Å². The highest BCUT2D eigenvalue weighted by Gasteiger charge is 2.22. The molecule has 0 unspecified atom stereocenters. The first kappa shape index (κ1) is 18.5. The summed E-state index contributed by atoms with van der Waals surface area (Å²) in [5.74, 6) is -1.17. The van der Waals surface area contributed by atoms with Crippen molar-refractivity contribution in [3.05, 3.63) is 61.5 Å². The third-order valence-corrected chi connectivity index (χ3v) is 4.64. The smallest absolute Gasteiger partial charge is 0.270 e. The molecule has 1 heterocycles. The van der Waals surface area contributed by atoms with Crippen molar-refractivity contribution in [2.75, 3.05) is 36.5 Å². The van der Waals surface area contributed by atoms with Gasteiger partial charge >= 0.3 is 0 Å². The second kappa shape index (κ2) is 7.96. The van der Waals surface area contributed by atoms with Crippen molar-refractivity contribution in [3.8, 4) is 0 Å². The van der Waals surface area contributed by atoms with E-state index in [9.17, 15) is 19.3 Å². The molecule has 0 aromatic heterocycles. The van der Waals surface area contributed by atoms with E-state index in [4.69, 9.17) is 4.74 Å². The summed E-state index contributed by atoms with van der Waals surface area (Å²) in [5.41, 5.74) is 0.506. The summed E-state index contributed by atoms with van der Waals surface area (Å²) in [6.07, 6.45) is 0. The van der Waals surface area contributed by atoms with Gasteiger partial charge in [-0.1, -0.05) is 0 Å². The summed E-state index contributed by atoms with van der Waals surface area (Å²) in [7, 11) is 0. The van der Waals surface area contributed by atoms with Gasteiger partial charge in [0.05, 0.1) is 35.1 Å². The lowest BCUT2D eigenvalue weighted by Crippen LogP contribution is -2.37. The average molecular weight is 471 g/mol. The van der Waals surface area contributed by atoms with Gasteiger partial charge in [-0.2, -0.15) is 0 Å². The van der Waals surface area contributed by atoms with Gasteiger partial charge in [-0.15, -0.1) is 0 Å². The van der Waals surface area contributed by atoms with Crippen LogP contribution < -0.4 is 10.2 Å². The van der Waals surface area contributed by atoms with Crippen molar-refractivity contribution in [2.45, 2.75) is 0 Å². The van der Waals surface area contributed by atoms with Crippen molar-refractivity contribution in [3.63, 3.8) is 0 Å². The van der Waals surface area contributed by atoms with Crippen LogP contribution in [0.5, 0.6) is 0 Å². The molecule has 26 heavy (non-hydrogen) atoms. The first-order valence-corrected chi connectivity index (χ1v) is 8.91. The summed E-state index contributed by atoms with van der Waals surface area (Å²) in [5, 5.41) is 13.6. The van der Waals surface area contributed by atoms with Crippen LogP contribution >= 0.6 is 22.6 Å². The number of halogens is 2. The highest BCUT2D eigenvalue weighted by atomic mass is 127. The van der Waals surface area contributed by atoms with Crippen molar-refractivity contribution in [2.24, 2.45) is 0 Å². The molecule has 0 atom stereocenters. The van der Waals surface area contributed by atoms with Gasteiger partial charge in [0.15, 0.2) is 0 Å². The van der Waals surface area contributed by atoms with Gasteiger partial charge in [-0.3, -0.25) is 14.9 Å². The van der Waals surface area contributed by atoms with E-state index in [0.717, 1.165) is 0 Å². The van der Waals surface area contributed by atoms with Gasteiger partial charge in [0.1, 0.15) is 5.82 Å². The maximum Gasteiger partial charge on any atom is 0.270 e. The third kappa shape index (κ3) is 4.10. The van der Waals surface area contributed by atoms with Gasteiger partial charge in [-0.25, -0.2) is 4.39 Å². The predicted molar refractivity (Wildman–Crippen MR) is 103 cm³/mol. The zero-order valence-electron chi connectivity index (χ0n) is 13.6. The quantitative estimate of drug-likeness (QED) is 0.420. The molecule has 7 nitrogen and oxygen atoms in total. The molecule has 1 saturated heterocycles. The molecular weight excluding hydrogens is 456 g/mol. The number of rotatable bonds is 4. The largest absolute Gasteiger partial charge is 0.378 e. The molecule has 2 aromatic rings. The molecule has 1 fully saturated rings. The Morgan fingerprint density at radius 3 is 2.62 bits per heavy atom. The molecule has 2 aromatic carbocycles. The molecule has 0 bridgehead atoms. The van der Waals surface area contributed by atoms with Crippen LogP contribution in [0, 0.1) is 19.5 Å². The average Bonchev–Trinajstić information content (AvgIpc) is 2.64. The van der Waals surface area contributed by atoms with Crippen molar-refractivity contribution in [1.29, 1.82) is 0 Å². The Bertz CT molecular complexity index is 856. The van der Waals surface area contributed by atoms with Gasteiger partial charge in [-0.05, 0) is 46.9 Å². The molecule has 0 saturated carbocycles. The molecule has 1 aliphatic rings. The van der Waals surface area contributed by atoms with Crippen LogP contribution in [0.1, 0.15) is 10.4 Å². The Morgan fingerprint density at radius 1 is 1.23 bits per heavy atom. The van der Waals surface area contributed by atoms with E-state index in [0.29, 0.717) is 35.6 Å². The normalized spacial score (nSPS) is 14.2. The van der Waals surface area contributed by atoms with Crippen molar-refractivity contribution in [1.82, 2.24) is 0 Å². The Kier molecular flexibility index (Phi) is 5.67. The van der Waals surface area contributed by atoms with Gasteiger partial charge < -0.3 is 15.0 Å². The Morgan fingerprint density at radius 2 is 1.96 bits per heavy atom. The molecule has 0 aliphatic carbocycles. The number of morpholine rings is 1. The summed E-state index contributed by atoms with van der Waals surface area (Å²) in [4.78, 5) is 25.2. The van der Waals surface area contributed by atoms with E-state index >= 15 is 0 Å². The fraction of sp³-hybridized carbons (Fsp3) is 0.235. The second-order valence-corrected chi connectivity index (χ2v) is 6.88. The number of hydrogen-bond acceptors (Lipinski definition) is 5. The topological polar surface area (TPSA) is 84.7 Å². The van der Waals surface area contributed by atoms with E-state index in [1.54, 1.807) is 12.1 Å². The Labute approximate surface area is 162 Å². The number of benzene rings is 2. The van der Waals surface area contributed by atoms with E-state index in [1.165, 1.54) is 24.3 Å². The number of carbonyl (C=O) groups is 1. The maximum absolute atomic E-state index is 14.0. The number of anilines is 2. The fourth-order valence-corrected chi connectivity index (χ4v) is 3.13. The number of ether oxygens (including phenoxy) is 1. The number of nitrogens with one attached hydrogen (secondary N) is 1. The highest BCUT2D eigenvalue weighted by molar-refractivity contribution is 14.1.